The Balaban J connectivity index is 1.23. The van der Waals surface area contributed by atoms with Gasteiger partial charge < -0.3 is 24.4 Å². The van der Waals surface area contributed by atoms with Gasteiger partial charge in [0.2, 0.25) is 0 Å². The van der Waals surface area contributed by atoms with Crippen molar-refractivity contribution in [2.75, 3.05) is 6.61 Å². The van der Waals surface area contributed by atoms with E-state index in [0.29, 0.717) is 18.4 Å². The van der Waals surface area contributed by atoms with Gasteiger partial charge in [-0.25, -0.2) is 4.79 Å². The zero-order valence-corrected chi connectivity index (χ0v) is 21.4. The molecule has 0 spiro atoms. The second kappa shape index (κ2) is 11.8. The maximum Gasteiger partial charge on any atom is 0.416 e. The van der Waals surface area contributed by atoms with Gasteiger partial charge in [0.25, 0.3) is 0 Å². The molecule has 1 aliphatic carbocycles. The lowest BCUT2D eigenvalue weighted by Gasteiger charge is -2.21. The molecule has 3 aromatic carbocycles. The summed E-state index contributed by atoms with van der Waals surface area (Å²) in [5, 5.41) is 20.4. The van der Waals surface area contributed by atoms with E-state index < -0.39 is 36.2 Å². The van der Waals surface area contributed by atoms with Crippen LogP contribution in [0.2, 0.25) is 0 Å². The highest BCUT2D eigenvalue weighted by molar-refractivity contribution is 5.90. The van der Waals surface area contributed by atoms with E-state index in [4.69, 9.17) is 14.2 Å². The molecule has 0 amide bonds. The summed E-state index contributed by atoms with van der Waals surface area (Å²) in [6.45, 7) is -0.268. The molecule has 1 aliphatic heterocycles. The summed E-state index contributed by atoms with van der Waals surface area (Å²) >= 11 is 0. The molecule has 1 saturated carbocycles. The van der Waals surface area contributed by atoms with Crippen LogP contribution in [0.25, 0.3) is 11.1 Å². The lowest BCUT2D eigenvalue weighted by atomic mass is 9.91. The number of alkyl halides is 3. The molecule has 40 heavy (non-hydrogen) atoms. The average Bonchev–Trinajstić information content (AvgIpc) is 3.46. The van der Waals surface area contributed by atoms with Crippen LogP contribution in [0.3, 0.4) is 0 Å². The number of aliphatic hydroxyl groups is 2. The first-order valence-electron chi connectivity index (χ1n) is 13.0. The molecule has 2 N–H and O–H groups in total. The zero-order valence-electron chi connectivity index (χ0n) is 21.4. The molecular weight excluding hydrogens is 525 g/mol. The predicted octanol–water partition coefficient (Wildman–Crippen LogP) is 5.64. The van der Waals surface area contributed by atoms with Crippen molar-refractivity contribution < 1.29 is 42.4 Å². The molecule has 0 radical (unpaired) electrons. The maximum absolute atomic E-state index is 13.0. The summed E-state index contributed by atoms with van der Waals surface area (Å²) in [6.07, 6.45) is -3.45. The van der Waals surface area contributed by atoms with Crippen molar-refractivity contribution >= 4 is 5.97 Å². The summed E-state index contributed by atoms with van der Waals surface area (Å²) in [7, 11) is 0. The van der Waals surface area contributed by atoms with Crippen molar-refractivity contribution in [3.8, 4) is 16.9 Å². The van der Waals surface area contributed by atoms with Gasteiger partial charge in [0.05, 0.1) is 17.2 Å². The number of rotatable bonds is 8. The number of hydrogen-bond acceptors (Lipinski definition) is 6. The number of fused-ring (bicyclic) bond motifs is 1. The highest BCUT2D eigenvalue weighted by Gasteiger charge is 2.50. The Hall–Kier alpha value is -3.66. The van der Waals surface area contributed by atoms with E-state index in [1.54, 1.807) is 18.2 Å². The SMILES string of the molecule is O=C(O[C@@H]1CC2OC(O)C[C@@H]2[C@H]1/C=C/[C@@H](O)COc1cccc(C(F)(F)F)c1)c1ccc(-c2ccccc2)cc1. The molecular formula is C31H29F3O6. The predicted molar refractivity (Wildman–Crippen MR) is 140 cm³/mol. The monoisotopic (exact) mass is 554 g/mol. The van der Waals surface area contributed by atoms with Crippen molar-refractivity contribution in [2.45, 2.75) is 43.6 Å². The number of aliphatic hydroxyl groups excluding tert-OH is 2. The van der Waals surface area contributed by atoms with E-state index in [9.17, 15) is 28.2 Å². The summed E-state index contributed by atoms with van der Waals surface area (Å²) < 4.78 is 55.6. The van der Waals surface area contributed by atoms with Crippen molar-refractivity contribution in [1.29, 1.82) is 0 Å². The van der Waals surface area contributed by atoms with Gasteiger partial charge in [-0.15, -0.1) is 0 Å². The minimum Gasteiger partial charge on any atom is -0.491 e. The van der Waals surface area contributed by atoms with Gasteiger partial charge >= 0.3 is 12.1 Å². The summed E-state index contributed by atoms with van der Waals surface area (Å²) in [4.78, 5) is 13.0. The Morgan fingerprint density at radius 2 is 1.73 bits per heavy atom. The third-order valence-corrected chi connectivity index (χ3v) is 7.30. The Kier molecular flexibility index (Phi) is 8.25. The number of ether oxygens (including phenoxy) is 3. The lowest BCUT2D eigenvalue weighted by molar-refractivity contribution is -0.137. The molecule has 3 aromatic rings. The molecule has 0 bridgehead atoms. The normalized spacial score (nSPS) is 25.1. The molecule has 1 heterocycles. The molecule has 210 valence electrons. The van der Waals surface area contributed by atoms with Crippen LogP contribution >= 0.6 is 0 Å². The second-order valence-corrected chi connectivity index (χ2v) is 10.0. The van der Waals surface area contributed by atoms with Crippen LogP contribution in [0.1, 0.15) is 28.8 Å². The number of esters is 1. The third-order valence-electron chi connectivity index (χ3n) is 7.30. The summed E-state index contributed by atoms with van der Waals surface area (Å²) in [5.41, 5.74) is 1.56. The van der Waals surface area contributed by atoms with Crippen LogP contribution in [0.5, 0.6) is 5.75 Å². The fourth-order valence-corrected chi connectivity index (χ4v) is 5.32. The van der Waals surface area contributed by atoms with Crippen LogP contribution in [0.4, 0.5) is 13.2 Å². The van der Waals surface area contributed by atoms with Gasteiger partial charge in [0.1, 0.15) is 24.6 Å². The minimum absolute atomic E-state index is 0.0133. The van der Waals surface area contributed by atoms with Crippen LogP contribution in [0, 0.1) is 11.8 Å². The van der Waals surface area contributed by atoms with E-state index in [1.165, 1.54) is 18.2 Å². The summed E-state index contributed by atoms with van der Waals surface area (Å²) in [6, 6.07) is 21.3. The lowest BCUT2D eigenvalue weighted by Crippen LogP contribution is -2.26. The number of carbonyl (C=O) groups excluding carboxylic acids is 1. The minimum atomic E-state index is -4.50. The molecule has 0 aromatic heterocycles. The first-order chi connectivity index (χ1) is 19.2. The van der Waals surface area contributed by atoms with Gasteiger partial charge in [0, 0.05) is 18.8 Å². The van der Waals surface area contributed by atoms with Crippen LogP contribution < -0.4 is 4.74 Å². The van der Waals surface area contributed by atoms with E-state index in [-0.39, 0.29) is 30.3 Å². The van der Waals surface area contributed by atoms with Crippen molar-refractivity contribution in [1.82, 2.24) is 0 Å². The Morgan fingerprint density at radius 3 is 2.45 bits per heavy atom. The molecule has 6 nitrogen and oxygen atoms in total. The van der Waals surface area contributed by atoms with Gasteiger partial charge in [-0.3, -0.25) is 0 Å². The fourth-order valence-electron chi connectivity index (χ4n) is 5.32. The van der Waals surface area contributed by atoms with Crippen LogP contribution in [0.15, 0.2) is 91.0 Å². The molecule has 2 unspecified atom stereocenters. The fraction of sp³-hybridized carbons (Fsp3) is 0.323. The highest BCUT2D eigenvalue weighted by Crippen LogP contribution is 2.45. The first kappa shape index (κ1) is 27.9. The molecule has 5 rings (SSSR count). The van der Waals surface area contributed by atoms with Crippen LogP contribution in [-0.4, -0.2) is 47.4 Å². The Labute approximate surface area is 229 Å². The van der Waals surface area contributed by atoms with Crippen molar-refractivity contribution in [3.05, 3.63) is 102 Å². The van der Waals surface area contributed by atoms with E-state index in [2.05, 4.69) is 0 Å². The van der Waals surface area contributed by atoms with E-state index >= 15 is 0 Å². The Morgan fingerprint density at radius 1 is 1.00 bits per heavy atom. The number of halogens is 3. The molecule has 2 aliphatic rings. The number of carbonyl (C=O) groups is 1. The van der Waals surface area contributed by atoms with E-state index in [1.807, 2.05) is 42.5 Å². The van der Waals surface area contributed by atoms with Crippen molar-refractivity contribution in [2.24, 2.45) is 11.8 Å². The van der Waals surface area contributed by atoms with Gasteiger partial charge in [0.15, 0.2) is 6.29 Å². The molecule has 6 atom stereocenters. The molecule has 2 fully saturated rings. The maximum atomic E-state index is 13.0. The summed E-state index contributed by atoms with van der Waals surface area (Å²) in [5.74, 6) is -0.962. The molecule has 1 saturated heterocycles. The Bertz CT molecular complexity index is 1320. The first-order valence-corrected chi connectivity index (χ1v) is 13.0. The quantitative estimate of drug-likeness (QED) is 0.277. The largest absolute Gasteiger partial charge is 0.491 e. The third kappa shape index (κ3) is 6.55. The number of benzene rings is 3. The van der Waals surface area contributed by atoms with Crippen molar-refractivity contribution in [3.63, 3.8) is 0 Å². The van der Waals surface area contributed by atoms with Gasteiger partial charge in [-0.1, -0.05) is 60.7 Å². The van der Waals surface area contributed by atoms with E-state index in [0.717, 1.165) is 23.3 Å². The smallest absolute Gasteiger partial charge is 0.416 e. The van der Waals surface area contributed by atoms with Gasteiger partial charge in [-0.2, -0.15) is 13.2 Å². The highest BCUT2D eigenvalue weighted by atomic mass is 19.4. The standard InChI is InChI=1S/C31H29F3O6/c32-31(33,34)22-7-4-8-24(15-22)38-18-23(35)13-14-25-26-16-29(36)39-28(26)17-27(25)40-30(37)21-11-9-20(10-12-21)19-5-2-1-3-6-19/h1-15,23,25-29,35-36H,16-18H2/b14-13+/t23-,25-,26-,27-,28?,29?/m1/s1. The molecule has 9 heteroatoms. The topological polar surface area (TPSA) is 85.2 Å². The van der Waals surface area contributed by atoms with Crippen LogP contribution in [-0.2, 0) is 15.7 Å². The average molecular weight is 555 g/mol. The van der Waals surface area contributed by atoms with Gasteiger partial charge in [-0.05, 0) is 47.4 Å². The second-order valence-electron chi connectivity index (χ2n) is 10.0. The zero-order chi connectivity index (χ0) is 28.3. The number of hydrogen-bond donors (Lipinski definition) is 2.